The summed E-state index contributed by atoms with van der Waals surface area (Å²) in [5, 5.41) is 11.3. The second-order valence-corrected chi connectivity index (χ2v) is 2.19. The maximum absolute atomic E-state index is 8.77. The van der Waals surface area contributed by atoms with Crippen molar-refractivity contribution in [2.75, 3.05) is 0 Å². The van der Waals surface area contributed by atoms with Crippen LogP contribution >= 0.6 is 22.9 Å². The van der Waals surface area contributed by atoms with E-state index in [4.69, 9.17) is 9.90 Å². The highest BCUT2D eigenvalue weighted by atomic mass is 35.5. The third-order valence-corrected chi connectivity index (χ3v) is 1.05. The molecule has 9 heavy (non-hydrogen) atoms. The minimum atomic E-state index is -1.36. The van der Waals surface area contributed by atoms with Crippen molar-refractivity contribution < 1.29 is 9.90 Å². The number of carbonyl (C=O) groups is 1. The van der Waals surface area contributed by atoms with Crippen LogP contribution in [0.4, 0.5) is 4.79 Å². The molecule has 0 fully saturated rings. The van der Waals surface area contributed by atoms with E-state index in [1.807, 2.05) is 22.9 Å². The van der Waals surface area contributed by atoms with Crippen molar-refractivity contribution in [1.82, 2.24) is 0 Å². The molecule has 2 nitrogen and oxygen atoms in total. The van der Waals surface area contributed by atoms with Crippen LogP contribution in [-0.4, -0.2) is 10.5 Å². The van der Waals surface area contributed by atoms with Gasteiger partial charge in [-0.15, -0.1) is 0 Å². The van der Waals surface area contributed by atoms with Gasteiger partial charge in [0.2, 0.25) is 0 Å². The molecule has 0 radical (unpaired) electrons. The molecule has 0 aliphatic heterocycles. The topological polar surface area (TPSA) is 37.3 Å². The minimum absolute atomic E-state index is 1.36. The van der Waals surface area contributed by atoms with Crippen LogP contribution in [0.2, 0.25) is 0 Å². The zero-order valence-corrected chi connectivity index (χ0v) is 6.02. The summed E-state index contributed by atoms with van der Waals surface area (Å²) in [5.41, 5.74) is -1.36. The summed E-state index contributed by atoms with van der Waals surface area (Å²) in [6.45, 7) is 0. The fourth-order valence-corrected chi connectivity index (χ4v) is 0.680. The fraction of sp³-hybridized carbons (Fsp3) is 0. The Labute approximate surface area is 61.7 Å². The molecule has 1 rings (SSSR count). The van der Waals surface area contributed by atoms with Crippen molar-refractivity contribution in [2.45, 2.75) is 0 Å². The third-order valence-electron chi connectivity index (χ3n) is 0.425. The first kappa shape index (κ1) is 8.46. The van der Waals surface area contributed by atoms with E-state index in [0.29, 0.717) is 0 Å². The maximum Gasteiger partial charge on any atom is 0.401 e. The normalized spacial score (nSPS) is 7.22. The molecule has 0 aliphatic rings. The molecule has 0 spiro atoms. The molecule has 1 aromatic heterocycles. The predicted octanol–water partition coefficient (Wildman–Crippen LogP) is 2.65. The van der Waals surface area contributed by atoms with Gasteiger partial charge >= 0.3 is 5.43 Å². The van der Waals surface area contributed by atoms with Crippen molar-refractivity contribution in [3.63, 3.8) is 0 Å². The number of carboxylic acid groups (broad SMARTS) is 1. The van der Waals surface area contributed by atoms with Gasteiger partial charge in [-0.25, -0.2) is 4.79 Å². The van der Waals surface area contributed by atoms with Crippen LogP contribution in [0.5, 0.6) is 0 Å². The van der Waals surface area contributed by atoms with Crippen LogP contribution < -0.4 is 0 Å². The van der Waals surface area contributed by atoms with Crippen molar-refractivity contribution in [1.29, 1.82) is 0 Å². The fourth-order valence-electron chi connectivity index (χ4n) is 0.227. The number of thiophene rings is 1. The van der Waals surface area contributed by atoms with Gasteiger partial charge in [-0.05, 0) is 10.8 Å². The highest BCUT2D eigenvalue weighted by Crippen LogP contribution is 1.91. The molecule has 50 valence electrons. The highest BCUT2D eigenvalue weighted by molar-refractivity contribution is 7.07. The predicted molar refractivity (Wildman–Crippen MR) is 38.2 cm³/mol. The zero-order valence-electron chi connectivity index (χ0n) is 4.45. The van der Waals surface area contributed by atoms with Crippen LogP contribution in [-0.2, 0) is 0 Å². The molecule has 1 N–H and O–H groups in total. The molecule has 0 saturated carbocycles. The van der Waals surface area contributed by atoms with Crippen molar-refractivity contribution >= 4 is 28.4 Å². The zero-order chi connectivity index (χ0) is 7.11. The number of rotatable bonds is 0. The van der Waals surface area contributed by atoms with Crippen LogP contribution in [0.25, 0.3) is 0 Å². The Hall–Kier alpha value is -0.540. The lowest BCUT2D eigenvalue weighted by Gasteiger charge is -1.55. The quantitative estimate of drug-likeness (QED) is 0.599. The number of hydrogen-bond donors (Lipinski definition) is 1. The first-order valence-electron chi connectivity index (χ1n) is 2.09. The summed E-state index contributed by atoms with van der Waals surface area (Å²) in [5.74, 6) is 0. The first-order valence-corrected chi connectivity index (χ1v) is 3.41. The van der Waals surface area contributed by atoms with E-state index in [2.05, 4.69) is 11.6 Å². The molecule has 4 heteroatoms. The van der Waals surface area contributed by atoms with E-state index < -0.39 is 5.43 Å². The molecular formula is C5H5ClO2S. The van der Waals surface area contributed by atoms with Gasteiger partial charge in [0.15, 0.2) is 0 Å². The van der Waals surface area contributed by atoms with Gasteiger partial charge in [0.05, 0.1) is 0 Å². The Morgan fingerprint density at radius 1 is 1.44 bits per heavy atom. The van der Waals surface area contributed by atoms with E-state index in [-0.39, 0.29) is 0 Å². The lowest BCUT2D eigenvalue weighted by atomic mass is 10.7. The molecule has 0 aromatic carbocycles. The molecule has 0 saturated heterocycles. The lowest BCUT2D eigenvalue weighted by molar-refractivity contribution is 0.220. The molecule has 0 unspecified atom stereocenters. The number of hydrogen-bond acceptors (Lipinski definition) is 2. The average Bonchev–Trinajstić information content (AvgIpc) is 2.11. The Morgan fingerprint density at radius 3 is 1.89 bits per heavy atom. The van der Waals surface area contributed by atoms with E-state index >= 15 is 0 Å². The van der Waals surface area contributed by atoms with Gasteiger partial charge in [0.25, 0.3) is 0 Å². The third kappa shape index (κ3) is 11.2. The summed E-state index contributed by atoms with van der Waals surface area (Å²) < 4.78 is 0. The summed E-state index contributed by atoms with van der Waals surface area (Å²) in [6, 6.07) is 4.04. The van der Waals surface area contributed by atoms with E-state index in [1.165, 1.54) is 0 Å². The summed E-state index contributed by atoms with van der Waals surface area (Å²) in [4.78, 5) is 8.77. The first-order chi connectivity index (χ1) is 4.23. The second-order valence-electron chi connectivity index (χ2n) is 1.05. The largest absolute Gasteiger partial charge is 0.469 e. The monoisotopic (exact) mass is 164 g/mol. The highest BCUT2D eigenvalue weighted by Gasteiger charge is 1.71. The van der Waals surface area contributed by atoms with Gasteiger partial charge in [-0.1, -0.05) is 12.1 Å². The van der Waals surface area contributed by atoms with Crippen LogP contribution in [0.3, 0.4) is 0 Å². The summed E-state index contributed by atoms with van der Waals surface area (Å²) >= 11 is 5.90. The summed E-state index contributed by atoms with van der Waals surface area (Å²) in [7, 11) is 0. The van der Waals surface area contributed by atoms with Crippen LogP contribution in [0.15, 0.2) is 22.9 Å². The lowest BCUT2D eigenvalue weighted by Crippen LogP contribution is -1.66. The van der Waals surface area contributed by atoms with Crippen molar-refractivity contribution in [3.8, 4) is 0 Å². The Bertz CT molecular complexity index is 129. The molecule has 0 atom stereocenters. The van der Waals surface area contributed by atoms with E-state index in [1.54, 1.807) is 11.3 Å². The molecular weight excluding hydrogens is 160 g/mol. The number of halogens is 1. The summed E-state index contributed by atoms with van der Waals surface area (Å²) in [6.07, 6.45) is 0. The standard InChI is InChI=1S/C4H4S.CHClO2/c1-2-4-5-3-1;2-1(3)4/h1-4H;(H,3,4). The Morgan fingerprint density at radius 2 is 1.78 bits per heavy atom. The van der Waals surface area contributed by atoms with Crippen LogP contribution in [0.1, 0.15) is 0 Å². The molecule has 1 aromatic rings. The molecule has 0 amide bonds. The molecule has 1 heterocycles. The Balaban J connectivity index is 0.000000148. The van der Waals surface area contributed by atoms with Crippen molar-refractivity contribution in [3.05, 3.63) is 22.9 Å². The maximum atomic E-state index is 8.77. The average molecular weight is 165 g/mol. The molecule has 0 aliphatic carbocycles. The van der Waals surface area contributed by atoms with Crippen molar-refractivity contribution in [2.24, 2.45) is 0 Å². The van der Waals surface area contributed by atoms with Gasteiger partial charge in [0, 0.05) is 11.6 Å². The molecule has 0 bridgehead atoms. The van der Waals surface area contributed by atoms with Crippen LogP contribution in [0, 0.1) is 0 Å². The smallest absolute Gasteiger partial charge is 0.401 e. The Kier molecular flexibility index (Phi) is 5.26. The SMILES string of the molecule is O=C(O)Cl.c1ccsc1. The van der Waals surface area contributed by atoms with Gasteiger partial charge in [-0.2, -0.15) is 11.3 Å². The van der Waals surface area contributed by atoms with E-state index in [9.17, 15) is 0 Å². The minimum Gasteiger partial charge on any atom is -0.469 e. The van der Waals surface area contributed by atoms with Gasteiger partial charge < -0.3 is 5.11 Å². The van der Waals surface area contributed by atoms with E-state index in [0.717, 1.165) is 0 Å². The van der Waals surface area contributed by atoms with Gasteiger partial charge in [0.1, 0.15) is 0 Å². The second kappa shape index (κ2) is 5.59. The van der Waals surface area contributed by atoms with Gasteiger partial charge in [-0.3, -0.25) is 0 Å².